The number of sulfone groups is 1. The molecule has 2 aliphatic carbocycles. The third-order valence-electron chi connectivity index (χ3n) is 4.34. The number of allylic oxidation sites excluding steroid dienone is 1. The molecule has 0 amide bonds. The van der Waals surface area contributed by atoms with Gasteiger partial charge in [-0.1, -0.05) is 18.2 Å². The van der Waals surface area contributed by atoms with Crippen LogP contribution < -0.4 is 5.32 Å². The van der Waals surface area contributed by atoms with Crippen molar-refractivity contribution in [1.29, 1.82) is 0 Å². The Hall–Kier alpha value is -1.29. The van der Waals surface area contributed by atoms with E-state index in [0.29, 0.717) is 16.9 Å². The number of aryl methyl sites for hydroxylation is 1. The van der Waals surface area contributed by atoms with Gasteiger partial charge in [0.2, 0.25) is 0 Å². The second-order valence-corrected chi connectivity index (χ2v) is 7.75. The van der Waals surface area contributed by atoms with Gasteiger partial charge < -0.3 is 5.32 Å². The van der Waals surface area contributed by atoms with E-state index < -0.39 is 9.84 Å². The molecule has 0 aliphatic heterocycles. The zero-order valence-corrected chi connectivity index (χ0v) is 12.1. The van der Waals surface area contributed by atoms with Crippen molar-refractivity contribution in [2.75, 3.05) is 11.6 Å². The van der Waals surface area contributed by atoms with Gasteiger partial charge in [-0.25, -0.2) is 8.42 Å². The van der Waals surface area contributed by atoms with Crippen LogP contribution >= 0.6 is 0 Å². The molecule has 0 spiro atoms. The van der Waals surface area contributed by atoms with Crippen molar-refractivity contribution in [2.45, 2.75) is 30.7 Å². The Morgan fingerprint density at radius 2 is 2.11 bits per heavy atom. The van der Waals surface area contributed by atoms with Crippen molar-refractivity contribution >= 4 is 15.5 Å². The van der Waals surface area contributed by atoms with Gasteiger partial charge in [-0.3, -0.25) is 0 Å². The number of anilines is 1. The van der Waals surface area contributed by atoms with Crippen LogP contribution in [0.3, 0.4) is 0 Å². The van der Waals surface area contributed by atoms with E-state index in [1.165, 1.54) is 19.1 Å². The van der Waals surface area contributed by atoms with E-state index in [1.807, 2.05) is 13.0 Å². The van der Waals surface area contributed by atoms with Crippen LogP contribution in [0.25, 0.3) is 0 Å². The predicted molar refractivity (Wildman–Crippen MR) is 77.1 cm³/mol. The highest BCUT2D eigenvalue weighted by atomic mass is 32.2. The minimum Gasteiger partial charge on any atom is -0.381 e. The molecule has 1 aromatic carbocycles. The molecule has 4 heteroatoms. The zero-order chi connectivity index (χ0) is 13.6. The minimum atomic E-state index is -3.14. The first-order valence-electron chi connectivity index (χ1n) is 6.69. The van der Waals surface area contributed by atoms with E-state index in [2.05, 4.69) is 17.5 Å². The molecule has 19 heavy (non-hydrogen) atoms. The number of benzene rings is 1. The smallest absolute Gasteiger partial charge is 0.175 e. The van der Waals surface area contributed by atoms with Gasteiger partial charge in [-0.15, -0.1) is 0 Å². The van der Waals surface area contributed by atoms with Crippen LogP contribution in [0.4, 0.5) is 5.69 Å². The van der Waals surface area contributed by atoms with E-state index >= 15 is 0 Å². The first-order chi connectivity index (χ1) is 8.95. The quantitative estimate of drug-likeness (QED) is 0.864. The van der Waals surface area contributed by atoms with Crippen molar-refractivity contribution in [3.05, 3.63) is 35.9 Å². The summed E-state index contributed by atoms with van der Waals surface area (Å²) in [5, 5.41) is 3.51. The molecule has 1 aromatic rings. The van der Waals surface area contributed by atoms with Gasteiger partial charge in [0, 0.05) is 23.9 Å². The normalized spacial score (nSPS) is 28.8. The summed E-state index contributed by atoms with van der Waals surface area (Å²) >= 11 is 0. The molecule has 1 N–H and O–H groups in total. The van der Waals surface area contributed by atoms with Crippen LogP contribution in [0.15, 0.2) is 35.2 Å². The fourth-order valence-corrected chi connectivity index (χ4v) is 3.72. The molecule has 3 unspecified atom stereocenters. The second kappa shape index (κ2) is 4.37. The molecule has 3 rings (SSSR count). The summed E-state index contributed by atoms with van der Waals surface area (Å²) in [6, 6.07) is 5.77. The molecule has 3 atom stereocenters. The van der Waals surface area contributed by atoms with Gasteiger partial charge in [-0.2, -0.15) is 0 Å². The lowest BCUT2D eigenvalue weighted by Crippen LogP contribution is -2.43. The zero-order valence-electron chi connectivity index (χ0n) is 11.3. The van der Waals surface area contributed by atoms with Gasteiger partial charge in [-0.05, 0) is 43.4 Å². The molecule has 1 saturated carbocycles. The van der Waals surface area contributed by atoms with E-state index in [4.69, 9.17) is 0 Å². The van der Waals surface area contributed by atoms with Crippen molar-refractivity contribution in [3.8, 4) is 0 Å². The van der Waals surface area contributed by atoms with Crippen molar-refractivity contribution in [2.24, 2.45) is 11.8 Å². The Kier molecular flexibility index (Phi) is 2.93. The van der Waals surface area contributed by atoms with Crippen LogP contribution in [0.1, 0.15) is 18.4 Å². The van der Waals surface area contributed by atoms with Crippen molar-refractivity contribution < 1.29 is 8.42 Å². The lowest BCUT2D eigenvalue weighted by Gasteiger charge is -2.41. The molecule has 0 bridgehead atoms. The predicted octanol–water partition coefficient (Wildman–Crippen LogP) is 2.78. The standard InChI is InChI=1S/C15H19NO2S/c1-10-6-7-12(19(2,17)18)9-14(10)16-15-8-11-4-3-5-13(11)15/h3,5-7,9,11,13,15-16H,4,8H2,1-2H3. The molecule has 102 valence electrons. The average Bonchev–Trinajstić information content (AvgIpc) is 2.68. The highest BCUT2D eigenvalue weighted by Crippen LogP contribution is 2.44. The highest BCUT2D eigenvalue weighted by Gasteiger charge is 2.41. The molecule has 0 saturated heterocycles. The maximum atomic E-state index is 11.6. The first kappa shape index (κ1) is 12.7. The average molecular weight is 277 g/mol. The summed E-state index contributed by atoms with van der Waals surface area (Å²) in [6.07, 6.45) is 8.18. The Labute approximate surface area is 114 Å². The summed E-state index contributed by atoms with van der Waals surface area (Å²) in [6.45, 7) is 2.01. The van der Waals surface area contributed by atoms with Crippen LogP contribution in [0, 0.1) is 18.8 Å². The van der Waals surface area contributed by atoms with Crippen LogP contribution in [0.5, 0.6) is 0 Å². The number of rotatable bonds is 3. The number of hydrogen-bond acceptors (Lipinski definition) is 3. The van der Waals surface area contributed by atoms with E-state index in [-0.39, 0.29) is 0 Å². The van der Waals surface area contributed by atoms with E-state index in [9.17, 15) is 8.42 Å². The van der Waals surface area contributed by atoms with E-state index in [0.717, 1.165) is 17.2 Å². The number of fused-ring (bicyclic) bond motifs is 1. The number of hydrogen-bond donors (Lipinski definition) is 1. The molecular formula is C15H19NO2S. The van der Waals surface area contributed by atoms with Crippen LogP contribution in [-0.2, 0) is 9.84 Å². The van der Waals surface area contributed by atoms with Crippen molar-refractivity contribution in [3.63, 3.8) is 0 Å². The minimum absolute atomic E-state index is 0.387. The molecule has 2 aliphatic rings. The summed E-state index contributed by atoms with van der Waals surface area (Å²) in [5.41, 5.74) is 2.05. The summed E-state index contributed by atoms with van der Waals surface area (Å²) < 4.78 is 23.2. The van der Waals surface area contributed by atoms with Gasteiger partial charge in [0.15, 0.2) is 9.84 Å². The maximum absolute atomic E-state index is 11.6. The highest BCUT2D eigenvalue weighted by molar-refractivity contribution is 7.90. The Morgan fingerprint density at radius 1 is 1.32 bits per heavy atom. The molecule has 3 nitrogen and oxygen atoms in total. The van der Waals surface area contributed by atoms with Crippen LogP contribution in [-0.4, -0.2) is 20.7 Å². The molecule has 1 fully saturated rings. The molecular weight excluding hydrogens is 258 g/mol. The second-order valence-electron chi connectivity index (χ2n) is 5.74. The lowest BCUT2D eigenvalue weighted by molar-refractivity contribution is 0.218. The Bertz CT molecular complexity index is 634. The topological polar surface area (TPSA) is 46.2 Å². The van der Waals surface area contributed by atoms with E-state index in [1.54, 1.807) is 12.1 Å². The van der Waals surface area contributed by atoms with Gasteiger partial charge >= 0.3 is 0 Å². The van der Waals surface area contributed by atoms with Gasteiger partial charge in [0.25, 0.3) is 0 Å². The fourth-order valence-electron chi connectivity index (χ4n) is 3.07. The molecule has 0 aromatic heterocycles. The maximum Gasteiger partial charge on any atom is 0.175 e. The third kappa shape index (κ3) is 2.29. The van der Waals surface area contributed by atoms with Crippen molar-refractivity contribution in [1.82, 2.24) is 0 Å². The fraction of sp³-hybridized carbons (Fsp3) is 0.467. The lowest BCUT2D eigenvalue weighted by atomic mass is 9.71. The summed E-state index contributed by atoms with van der Waals surface area (Å²) in [5.74, 6) is 1.43. The van der Waals surface area contributed by atoms with Gasteiger partial charge in [0.1, 0.15) is 0 Å². The van der Waals surface area contributed by atoms with Gasteiger partial charge in [0.05, 0.1) is 4.90 Å². The Morgan fingerprint density at radius 3 is 2.79 bits per heavy atom. The monoisotopic (exact) mass is 277 g/mol. The molecule has 0 radical (unpaired) electrons. The first-order valence-corrected chi connectivity index (χ1v) is 8.58. The molecule has 0 heterocycles. The summed E-state index contributed by atoms with van der Waals surface area (Å²) in [7, 11) is -3.14. The number of nitrogens with one attached hydrogen (secondary N) is 1. The Balaban J connectivity index is 1.83. The largest absolute Gasteiger partial charge is 0.381 e. The summed E-state index contributed by atoms with van der Waals surface area (Å²) in [4.78, 5) is 0.387. The SMILES string of the molecule is Cc1ccc(S(C)(=O)=O)cc1NC1CC2CC=CC21. The van der Waals surface area contributed by atoms with Crippen LogP contribution in [0.2, 0.25) is 0 Å². The third-order valence-corrected chi connectivity index (χ3v) is 5.45.